The first kappa shape index (κ1) is 14.4. The topological polar surface area (TPSA) is 110 Å². The molecule has 0 aromatic carbocycles. The SMILES string of the molecule is C[C@H](O)C(=O)O[C@H](C)C(=O)O[C@H](C)C(=O)O. The van der Waals surface area contributed by atoms with E-state index in [1.807, 2.05) is 0 Å². The zero-order chi connectivity index (χ0) is 12.9. The van der Waals surface area contributed by atoms with Gasteiger partial charge in [-0.1, -0.05) is 0 Å². The predicted octanol–water partition coefficient (Wildman–Crippen LogP) is -0.685. The number of carbonyl (C=O) groups is 3. The van der Waals surface area contributed by atoms with Crippen molar-refractivity contribution >= 4 is 17.9 Å². The molecule has 0 bridgehead atoms. The van der Waals surface area contributed by atoms with Crippen LogP contribution in [0.15, 0.2) is 0 Å². The first-order chi connectivity index (χ1) is 7.25. The summed E-state index contributed by atoms with van der Waals surface area (Å²) in [7, 11) is 0. The first-order valence-corrected chi connectivity index (χ1v) is 4.57. The third kappa shape index (κ3) is 4.74. The van der Waals surface area contributed by atoms with E-state index in [0.29, 0.717) is 0 Å². The summed E-state index contributed by atoms with van der Waals surface area (Å²) in [4.78, 5) is 32.4. The molecule has 0 rings (SSSR count). The van der Waals surface area contributed by atoms with E-state index in [-0.39, 0.29) is 0 Å². The van der Waals surface area contributed by atoms with Gasteiger partial charge in [-0.3, -0.25) is 0 Å². The van der Waals surface area contributed by atoms with E-state index in [1.165, 1.54) is 20.8 Å². The van der Waals surface area contributed by atoms with Gasteiger partial charge in [0.1, 0.15) is 6.10 Å². The molecule has 0 aliphatic carbocycles. The number of carbonyl (C=O) groups excluding carboxylic acids is 2. The number of hydrogen-bond donors (Lipinski definition) is 2. The highest BCUT2D eigenvalue weighted by Crippen LogP contribution is 2.01. The van der Waals surface area contributed by atoms with Gasteiger partial charge in [0, 0.05) is 0 Å². The van der Waals surface area contributed by atoms with Crippen LogP contribution in [0.2, 0.25) is 0 Å². The lowest BCUT2D eigenvalue weighted by Gasteiger charge is -2.15. The highest BCUT2D eigenvalue weighted by molar-refractivity contribution is 5.83. The lowest BCUT2D eigenvalue weighted by atomic mass is 10.3. The van der Waals surface area contributed by atoms with Crippen LogP contribution >= 0.6 is 0 Å². The van der Waals surface area contributed by atoms with Gasteiger partial charge < -0.3 is 19.7 Å². The van der Waals surface area contributed by atoms with Gasteiger partial charge in [-0.05, 0) is 20.8 Å². The Labute approximate surface area is 92.0 Å². The summed E-state index contributed by atoms with van der Waals surface area (Å²) in [5, 5.41) is 17.3. The van der Waals surface area contributed by atoms with Crippen LogP contribution in [0.4, 0.5) is 0 Å². The maximum absolute atomic E-state index is 11.2. The van der Waals surface area contributed by atoms with Crippen molar-refractivity contribution in [2.24, 2.45) is 0 Å². The molecule has 0 radical (unpaired) electrons. The summed E-state index contributed by atoms with van der Waals surface area (Å²) < 4.78 is 8.95. The smallest absolute Gasteiger partial charge is 0.347 e. The van der Waals surface area contributed by atoms with E-state index >= 15 is 0 Å². The van der Waals surface area contributed by atoms with E-state index in [1.54, 1.807) is 0 Å². The molecule has 16 heavy (non-hydrogen) atoms. The van der Waals surface area contributed by atoms with Crippen LogP contribution in [-0.4, -0.2) is 46.4 Å². The zero-order valence-corrected chi connectivity index (χ0v) is 9.17. The van der Waals surface area contributed by atoms with Crippen molar-refractivity contribution in [2.45, 2.75) is 39.1 Å². The molecule has 3 atom stereocenters. The van der Waals surface area contributed by atoms with Gasteiger partial charge in [0.15, 0.2) is 12.2 Å². The molecule has 0 fully saturated rings. The molecule has 7 nitrogen and oxygen atoms in total. The average Bonchev–Trinajstić information content (AvgIpc) is 2.16. The molecule has 0 spiro atoms. The molecule has 0 unspecified atom stereocenters. The van der Waals surface area contributed by atoms with E-state index in [9.17, 15) is 14.4 Å². The molecule has 0 saturated carbocycles. The third-order valence-electron chi connectivity index (χ3n) is 1.61. The standard InChI is InChI=1S/C9H14O7/c1-4(10)8(13)16-6(3)9(14)15-5(2)7(11)12/h4-6,10H,1-3H3,(H,11,12)/t4-,5+,6+/m0/s1. The normalized spacial score (nSPS) is 15.8. The number of carboxylic acid groups (broad SMARTS) is 1. The van der Waals surface area contributed by atoms with Crippen LogP contribution in [0.1, 0.15) is 20.8 Å². The summed E-state index contributed by atoms with van der Waals surface area (Å²) >= 11 is 0. The number of ether oxygens (including phenoxy) is 2. The van der Waals surface area contributed by atoms with E-state index in [4.69, 9.17) is 10.2 Å². The molecule has 0 aromatic rings. The van der Waals surface area contributed by atoms with Gasteiger partial charge >= 0.3 is 17.9 Å². The second-order valence-electron chi connectivity index (χ2n) is 3.17. The van der Waals surface area contributed by atoms with Crippen LogP contribution in [0.3, 0.4) is 0 Å². The van der Waals surface area contributed by atoms with E-state index < -0.39 is 36.2 Å². The number of esters is 2. The fourth-order valence-electron chi connectivity index (χ4n) is 0.641. The van der Waals surface area contributed by atoms with Crippen molar-refractivity contribution in [3.05, 3.63) is 0 Å². The number of rotatable bonds is 5. The fourth-order valence-corrected chi connectivity index (χ4v) is 0.641. The molecule has 0 aromatic heterocycles. The van der Waals surface area contributed by atoms with Crippen molar-refractivity contribution in [2.75, 3.05) is 0 Å². The minimum Gasteiger partial charge on any atom is -0.479 e. The Morgan fingerprint density at radius 2 is 1.38 bits per heavy atom. The first-order valence-electron chi connectivity index (χ1n) is 4.57. The molecule has 2 N–H and O–H groups in total. The van der Waals surface area contributed by atoms with Gasteiger partial charge in [-0.2, -0.15) is 0 Å². The largest absolute Gasteiger partial charge is 0.479 e. The van der Waals surface area contributed by atoms with Crippen LogP contribution in [0.5, 0.6) is 0 Å². The maximum atomic E-state index is 11.2. The second-order valence-corrected chi connectivity index (χ2v) is 3.17. The van der Waals surface area contributed by atoms with Crippen LogP contribution in [0.25, 0.3) is 0 Å². The Bertz CT molecular complexity index is 284. The third-order valence-corrected chi connectivity index (χ3v) is 1.61. The molecule has 0 aliphatic heterocycles. The molecular weight excluding hydrogens is 220 g/mol. The number of carboxylic acids is 1. The molecule has 0 saturated heterocycles. The highest BCUT2D eigenvalue weighted by Gasteiger charge is 2.25. The van der Waals surface area contributed by atoms with Crippen molar-refractivity contribution in [3.63, 3.8) is 0 Å². The van der Waals surface area contributed by atoms with E-state index in [0.717, 1.165) is 0 Å². The molecule has 92 valence electrons. The van der Waals surface area contributed by atoms with Gasteiger partial charge in [0.25, 0.3) is 0 Å². The number of hydrogen-bond acceptors (Lipinski definition) is 6. The number of aliphatic carboxylic acids is 1. The highest BCUT2D eigenvalue weighted by atomic mass is 16.6. The van der Waals surface area contributed by atoms with Crippen LogP contribution in [0, 0.1) is 0 Å². The Kier molecular flexibility index (Phi) is 5.44. The Hall–Kier alpha value is -1.63. The van der Waals surface area contributed by atoms with Gasteiger partial charge in [0.05, 0.1) is 0 Å². The second kappa shape index (κ2) is 6.06. The minimum absolute atomic E-state index is 0.979. The van der Waals surface area contributed by atoms with Crippen molar-refractivity contribution in [3.8, 4) is 0 Å². The zero-order valence-electron chi connectivity index (χ0n) is 9.17. The monoisotopic (exact) mass is 234 g/mol. The summed E-state index contributed by atoms with van der Waals surface area (Å²) in [5.41, 5.74) is 0. The van der Waals surface area contributed by atoms with Crippen LogP contribution < -0.4 is 0 Å². The van der Waals surface area contributed by atoms with Crippen molar-refractivity contribution < 1.29 is 34.1 Å². The lowest BCUT2D eigenvalue weighted by Crippen LogP contribution is -2.34. The lowest BCUT2D eigenvalue weighted by molar-refractivity contribution is -0.177. The quantitative estimate of drug-likeness (QED) is 0.606. The number of aliphatic hydroxyl groups excluding tert-OH is 1. The number of aliphatic hydroxyl groups is 1. The van der Waals surface area contributed by atoms with Gasteiger partial charge in [0.2, 0.25) is 0 Å². The van der Waals surface area contributed by atoms with Crippen molar-refractivity contribution in [1.29, 1.82) is 0 Å². The summed E-state index contributed by atoms with van der Waals surface area (Å²) in [6.45, 7) is 3.57. The molecule has 0 heterocycles. The molecular formula is C9H14O7. The van der Waals surface area contributed by atoms with Crippen LogP contribution in [-0.2, 0) is 23.9 Å². The minimum atomic E-state index is -1.35. The maximum Gasteiger partial charge on any atom is 0.347 e. The molecule has 0 amide bonds. The Morgan fingerprint density at radius 3 is 1.75 bits per heavy atom. The average molecular weight is 234 g/mol. The Balaban J connectivity index is 4.19. The predicted molar refractivity (Wildman–Crippen MR) is 50.4 cm³/mol. The Morgan fingerprint density at radius 1 is 0.938 bits per heavy atom. The molecule has 0 aliphatic rings. The van der Waals surface area contributed by atoms with E-state index in [2.05, 4.69) is 9.47 Å². The van der Waals surface area contributed by atoms with Crippen molar-refractivity contribution in [1.82, 2.24) is 0 Å². The van der Waals surface area contributed by atoms with Gasteiger partial charge in [-0.15, -0.1) is 0 Å². The fraction of sp³-hybridized carbons (Fsp3) is 0.667. The summed E-state index contributed by atoms with van der Waals surface area (Å²) in [6.07, 6.45) is -3.93. The summed E-state index contributed by atoms with van der Waals surface area (Å²) in [6, 6.07) is 0. The summed E-state index contributed by atoms with van der Waals surface area (Å²) in [5.74, 6) is -3.27. The molecule has 7 heteroatoms. The van der Waals surface area contributed by atoms with Gasteiger partial charge in [-0.25, -0.2) is 14.4 Å².